The number of hydrogen-bond donors (Lipinski definition) is 5. The van der Waals surface area contributed by atoms with Crippen LogP contribution in [0.1, 0.15) is 0 Å². The second kappa shape index (κ2) is 5.45. The Hall–Kier alpha value is -1.34. The topological polar surface area (TPSA) is 160 Å². The molecule has 1 fully saturated rings. The van der Waals surface area contributed by atoms with Crippen LogP contribution in [-0.4, -0.2) is 64.9 Å². The molecule has 3 heterocycles. The van der Waals surface area contributed by atoms with E-state index in [0.29, 0.717) is 0 Å². The van der Waals surface area contributed by atoms with Crippen LogP contribution in [0.15, 0.2) is 12.7 Å². The van der Waals surface area contributed by atoms with Crippen LogP contribution >= 0.6 is 0 Å². The predicted molar refractivity (Wildman–Crippen MR) is 63.9 cm³/mol. The second-order valence-corrected chi connectivity index (χ2v) is 4.48. The minimum absolute atomic E-state index is 0. The first-order chi connectivity index (χ1) is 9.49. The largest absolute Gasteiger partial charge is 0.394 e. The molecular weight excluding hydrogens is 329 g/mol. The third kappa shape index (κ3) is 2.19. The molecule has 11 heteroatoms. The van der Waals surface area contributed by atoms with Crippen molar-refractivity contribution in [3.63, 3.8) is 0 Å². The molecule has 4 atom stereocenters. The molecule has 117 valence electrons. The number of rotatable bonds is 2. The van der Waals surface area contributed by atoms with Crippen molar-refractivity contribution in [2.45, 2.75) is 24.2 Å². The summed E-state index contributed by atoms with van der Waals surface area (Å²) in [5.41, 5.74) is 5.98. The summed E-state index contributed by atoms with van der Waals surface area (Å²) in [6, 6.07) is 0. The van der Waals surface area contributed by atoms with Gasteiger partial charge in [-0.05, 0) is 0 Å². The molecule has 3 rings (SSSR count). The van der Waals surface area contributed by atoms with Crippen LogP contribution in [0.3, 0.4) is 0 Å². The Balaban J connectivity index is 0.00000161. The van der Waals surface area contributed by atoms with E-state index in [4.69, 9.17) is 15.6 Å². The minimum Gasteiger partial charge on any atom is -0.394 e. The van der Waals surface area contributed by atoms with Gasteiger partial charge in [-0.3, -0.25) is 4.57 Å². The van der Waals surface area contributed by atoms with Gasteiger partial charge in [0.15, 0.2) is 17.6 Å². The summed E-state index contributed by atoms with van der Waals surface area (Å²) in [7, 11) is 0. The van der Waals surface area contributed by atoms with Crippen LogP contribution in [-0.2, 0) is 27.4 Å². The summed E-state index contributed by atoms with van der Waals surface area (Å²) in [4.78, 5) is 11.6. The minimum atomic E-state index is -2.30. The first-order valence-corrected chi connectivity index (χ1v) is 5.80. The molecule has 21 heavy (non-hydrogen) atoms. The molecule has 1 aliphatic rings. The fraction of sp³-hybridized carbons (Fsp3) is 0.500. The van der Waals surface area contributed by atoms with Crippen molar-refractivity contribution in [1.29, 1.82) is 0 Å². The smallest absolute Gasteiger partial charge is 0.286 e. The second-order valence-electron chi connectivity index (χ2n) is 4.48. The molecule has 0 bridgehead atoms. The summed E-state index contributed by atoms with van der Waals surface area (Å²) in [5, 5.41) is 39.2. The molecule has 0 saturated carbocycles. The number of aromatic nitrogens is 4. The molecule has 0 aromatic carbocycles. The first kappa shape index (κ1) is 16.0. The Morgan fingerprint density at radius 2 is 2.05 bits per heavy atom. The quantitative estimate of drug-likeness (QED) is 0.386. The maximum absolute atomic E-state index is 10.5. The maximum atomic E-state index is 10.5. The van der Waals surface area contributed by atoms with Crippen LogP contribution in [0.5, 0.6) is 0 Å². The molecule has 1 radical (unpaired) electrons. The van der Waals surface area contributed by atoms with E-state index in [0.717, 1.165) is 10.9 Å². The van der Waals surface area contributed by atoms with Crippen molar-refractivity contribution in [1.82, 2.24) is 19.5 Å². The molecule has 10 nitrogen and oxygen atoms in total. The van der Waals surface area contributed by atoms with E-state index in [9.17, 15) is 15.3 Å². The van der Waals surface area contributed by atoms with Gasteiger partial charge < -0.3 is 30.9 Å². The number of anilines is 1. The fourth-order valence-corrected chi connectivity index (χ4v) is 2.22. The number of nitrogens with zero attached hydrogens (tertiary/aromatic N) is 4. The number of nitrogen functional groups attached to an aromatic ring is 1. The van der Waals surface area contributed by atoms with Crippen molar-refractivity contribution < 1.29 is 41.9 Å². The third-order valence-corrected chi connectivity index (χ3v) is 3.30. The van der Waals surface area contributed by atoms with Crippen LogP contribution in [0, 0.1) is 0 Å². The van der Waals surface area contributed by atoms with Crippen LogP contribution < -0.4 is 5.73 Å². The van der Waals surface area contributed by atoms with E-state index in [2.05, 4.69) is 15.0 Å². The fourth-order valence-electron chi connectivity index (χ4n) is 2.22. The molecule has 0 amide bonds. The summed E-state index contributed by atoms with van der Waals surface area (Å²) in [6.07, 6.45) is -1.95. The van der Waals surface area contributed by atoms with Gasteiger partial charge in [-0.1, -0.05) is 0 Å². The third-order valence-electron chi connectivity index (χ3n) is 3.30. The molecule has 6 N–H and O–H groups in total. The monoisotopic (exact) mass is 342 g/mol. The van der Waals surface area contributed by atoms with Crippen molar-refractivity contribution >= 4 is 17.0 Å². The molecule has 2 aromatic heterocycles. The number of aliphatic hydroxyl groups is 4. The van der Waals surface area contributed by atoms with E-state index >= 15 is 0 Å². The molecule has 2 aromatic rings. The molecule has 1 aliphatic heterocycles. The summed E-state index contributed by atoms with van der Waals surface area (Å²) in [6.45, 7) is -0.565. The number of imidazole rings is 1. The van der Waals surface area contributed by atoms with E-state index in [1.165, 1.54) is 6.33 Å². The molecule has 0 spiro atoms. The summed E-state index contributed by atoms with van der Waals surface area (Å²) in [5.74, 6) is -2.20. The Bertz CT molecular complexity index is 654. The number of nitrogens with two attached hydrogens (primary N) is 1. The van der Waals surface area contributed by atoms with Crippen LogP contribution in [0.2, 0.25) is 0 Å². The molecule has 1 saturated heterocycles. The zero-order chi connectivity index (χ0) is 14.5. The van der Waals surface area contributed by atoms with E-state index in [1.807, 2.05) is 0 Å². The van der Waals surface area contributed by atoms with Crippen molar-refractivity contribution in [3.05, 3.63) is 12.7 Å². The Kier molecular flexibility index (Phi) is 4.16. The number of fused-ring (bicyclic) bond motifs is 1. The average Bonchev–Trinajstić information content (AvgIpc) is 2.96. The van der Waals surface area contributed by atoms with E-state index < -0.39 is 30.8 Å². The van der Waals surface area contributed by atoms with E-state index in [-0.39, 0.29) is 33.8 Å². The average molecular weight is 342 g/mol. The normalized spacial score (nSPS) is 32.3. The standard InChI is InChI=1S/C10H13N5O5.Co/c11-8-5-9(13-2-12-8)15(3-14-5)10(19)7(18)6(17)4(1-16)20-10;/h2-4,6-7,16-19H,1H2,(H2,11,12,13);/t4-,6-,7-,10-;/m1./s1. The Morgan fingerprint density at radius 1 is 1.33 bits per heavy atom. The van der Waals surface area contributed by atoms with Crippen molar-refractivity contribution in [3.8, 4) is 0 Å². The number of hydrogen-bond acceptors (Lipinski definition) is 9. The van der Waals surface area contributed by atoms with Gasteiger partial charge in [-0.25, -0.2) is 15.0 Å². The van der Waals surface area contributed by atoms with Crippen molar-refractivity contribution in [2.75, 3.05) is 12.3 Å². The Morgan fingerprint density at radius 3 is 2.67 bits per heavy atom. The first-order valence-electron chi connectivity index (χ1n) is 5.80. The van der Waals surface area contributed by atoms with Crippen molar-refractivity contribution in [2.24, 2.45) is 0 Å². The molecular formula is C10H13CoN5O5. The maximum Gasteiger partial charge on any atom is 0.286 e. The Labute approximate surface area is 128 Å². The summed E-state index contributed by atoms with van der Waals surface area (Å²) >= 11 is 0. The SMILES string of the molecule is Nc1ncnc2c1ncn2[C@]1(O)O[C@H](CO)[C@@H](O)[C@H]1O.[Co]. The summed E-state index contributed by atoms with van der Waals surface area (Å²) < 4.78 is 6.17. The molecule has 0 aliphatic carbocycles. The van der Waals surface area contributed by atoms with Gasteiger partial charge in [0.25, 0.3) is 5.91 Å². The van der Waals surface area contributed by atoms with Gasteiger partial charge in [-0.15, -0.1) is 0 Å². The van der Waals surface area contributed by atoms with Gasteiger partial charge in [0.1, 0.15) is 30.4 Å². The van der Waals surface area contributed by atoms with Gasteiger partial charge >= 0.3 is 0 Å². The zero-order valence-corrected chi connectivity index (χ0v) is 11.5. The predicted octanol–water partition coefficient (Wildman–Crippen LogP) is -2.88. The van der Waals surface area contributed by atoms with Gasteiger partial charge in [0.2, 0.25) is 0 Å². The number of ether oxygens (including phenoxy) is 1. The number of aliphatic hydroxyl groups excluding tert-OH is 3. The van der Waals surface area contributed by atoms with Gasteiger partial charge in [0, 0.05) is 16.8 Å². The van der Waals surface area contributed by atoms with Gasteiger partial charge in [0.05, 0.1) is 6.61 Å². The van der Waals surface area contributed by atoms with Crippen LogP contribution in [0.25, 0.3) is 11.2 Å². The van der Waals surface area contributed by atoms with E-state index in [1.54, 1.807) is 0 Å². The van der Waals surface area contributed by atoms with Crippen LogP contribution in [0.4, 0.5) is 5.82 Å². The zero-order valence-electron chi connectivity index (χ0n) is 10.5. The van der Waals surface area contributed by atoms with Gasteiger partial charge in [-0.2, -0.15) is 0 Å². The molecule has 0 unspecified atom stereocenters.